The van der Waals surface area contributed by atoms with Crippen molar-refractivity contribution in [3.8, 4) is 0 Å². The molecule has 0 unspecified atom stereocenters. The van der Waals surface area contributed by atoms with E-state index in [1.807, 2.05) is 0 Å². The molecule has 0 aliphatic heterocycles. The Hall–Kier alpha value is -0.560. The molecule has 0 spiro atoms. The molecule has 0 aromatic rings. The van der Waals surface area contributed by atoms with Crippen LogP contribution in [0.4, 0.5) is 0 Å². The average Bonchev–Trinajstić information content (AvgIpc) is 1.67. The first-order valence-corrected chi connectivity index (χ1v) is 2.63. The largest absolute Gasteiger partial charge is 0.388 e. The predicted molar refractivity (Wildman–Crippen MR) is 35.6 cm³/mol. The average molecular weight is 112 g/mol. The number of hydrogen-bond donors (Lipinski definition) is 1. The van der Waals surface area contributed by atoms with Gasteiger partial charge >= 0.3 is 0 Å². The van der Waals surface area contributed by atoms with E-state index < -0.39 is 6.10 Å². The number of rotatable bonds is 3. The van der Waals surface area contributed by atoms with Crippen molar-refractivity contribution in [2.45, 2.75) is 19.4 Å². The lowest BCUT2D eigenvalue weighted by Crippen LogP contribution is -2.04. The summed E-state index contributed by atoms with van der Waals surface area (Å²) in [5.74, 6) is 0. The van der Waals surface area contributed by atoms with E-state index in [1.54, 1.807) is 13.0 Å². The lowest BCUT2D eigenvalue weighted by Gasteiger charge is -2.04. The van der Waals surface area contributed by atoms with Crippen molar-refractivity contribution in [1.29, 1.82) is 0 Å². The summed E-state index contributed by atoms with van der Waals surface area (Å²) in [6, 6.07) is 0. The van der Waals surface area contributed by atoms with Gasteiger partial charge in [0.05, 0.1) is 6.10 Å². The second-order valence-electron chi connectivity index (χ2n) is 1.89. The summed E-state index contributed by atoms with van der Waals surface area (Å²) in [5, 5.41) is 8.96. The second kappa shape index (κ2) is 3.44. The van der Waals surface area contributed by atoms with Crippen LogP contribution in [0.15, 0.2) is 24.8 Å². The van der Waals surface area contributed by atoms with Crippen LogP contribution in [0.5, 0.6) is 0 Å². The van der Waals surface area contributed by atoms with Crippen LogP contribution in [0.1, 0.15) is 13.3 Å². The predicted octanol–water partition coefficient (Wildman–Crippen LogP) is 1.50. The normalized spacial score (nSPS) is 12.8. The first kappa shape index (κ1) is 7.44. The van der Waals surface area contributed by atoms with Crippen molar-refractivity contribution >= 4 is 0 Å². The summed E-state index contributed by atoms with van der Waals surface area (Å²) >= 11 is 0. The Bertz CT molecular complexity index is 94.6. The molecule has 1 nitrogen and oxygen atoms in total. The van der Waals surface area contributed by atoms with Crippen molar-refractivity contribution in [2.24, 2.45) is 0 Å². The van der Waals surface area contributed by atoms with E-state index in [0.717, 1.165) is 5.57 Å². The summed E-state index contributed by atoms with van der Waals surface area (Å²) in [5.41, 5.74) is 0.796. The van der Waals surface area contributed by atoms with Gasteiger partial charge in [-0.15, -0.1) is 6.58 Å². The van der Waals surface area contributed by atoms with Gasteiger partial charge in [0.1, 0.15) is 0 Å². The quantitative estimate of drug-likeness (QED) is 0.548. The highest BCUT2D eigenvalue weighted by molar-refractivity contribution is 4.98. The maximum Gasteiger partial charge on any atom is 0.0779 e. The zero-order valence-corrected chi connectivity index (χ0v) is 5.22. The van der Waals surface area contributed by atoms with E-state index in [1.165, 1.54) is 0 Å². The van der Waals surface area contributed by atoms with Crippen LogP contribution in [-0.4, -0.2) is 11.2 Å². The van der Waals surface area contributed by atoms with Gasteiger partial charge in [-0.05, 0) is 13.3 Å². The van der Waals surface area contributed by atoms with E-state index >= 15 is 0 Å². The van der Waals surface area contributed by atoms with Gasteiger partial charge in [-0.1, -0.05) is 18.2 Å². The van der Waals surface area contributed by atoms with Crippen molar-refractivity contribution in [2.75, 3.05) is 0 Å². The van der Waals surface area contributed by atoms with Crippen LogP contribution < -0.4 is 0 Å². The zero-order chi connectivity index (χ0) is 6.57. The molecule has 0 rings (SSSR count). The van der Waals surface area contributed by atoms with Gasteiger partial charge in [-0.25, -0.2) is 0 Å². The molecule has 0 aliphatic rings. The van der Waals surface area contributed by atoms with Gasteiger partial charge in [0.25, 0.3) is 0 Å². The van der Waals surface area contributed by atoms with Gasteiger partial charge in [-0.2, -0.15) is 0 Å². The van der Waals surface area contributed by atoms with Crippen LogP contribution >= 0.6 is 0 Å². The zero-order valence-electron chi connectivity index (χ0n) is 5.22. The van der Waals surface area contributed by atoms with Crippen LogP contribution in [-0.2, 0) is 0 Å². The summed E-state index contributed by atoms with van der Waals surface area (Å²) in [6.45, 7) is 8.86. The number of hydrogen-bond acceptors (Lipinski definition) is 1. The lowest BCUT2D eigenvalue weighted by molar-refractivity contribution is 0.215. The lowest BCUT2D eigenvalue weighted by atomic mass is 10.1. The molecular formula is C7H12O. The molecular weight excluding hydrogens is 100 g/mol. The van der Waals surface area contributed by atoms with Gasteiger partial charge < -0.3 is 5.11 Å². The smallest absolute Gasteiger partial charge is 0.0779 e. The summed E-state index contributed by atoms with van der Waals surface area (Å²) in [4.78, 5) is 0. The maximum atomic E-state index is 8.96. The molecule has 1 N–H and O–H groups in total. The SMILES string of the molecule is C=CC[C@@H](O)C(=C)C. The minimum absolute atomic E-state index is 0.396. The summed E-state index contributed by atoms with van der Waals surface area (Å²) in [6.07, 6.45) is 1.89. The van der Waals surface area contributed by atoms with Crippen molar-refractivity contribution in [3.05, 3.63) is 24.8 Å². The van der Waals surface area contributed by atoms with Crippen LogP contribution in [0.3, 0.4) is 0 Å². The standard InChI is InChI=1S/C7H12O/c1-4-5-7(8)6(2)3/h4,7-8H,1-2,5H2,3H3/t7-/m1/s1. The van der Waals surface area contributed by atoms with Crippen molar-refractivity contribution < 1.29 is 5.11 Å². The number of aliphatic hydroxyl groups excluding tert-OH is 1. The molecule has 0 amide bonds. The molecule has 46 valence electrons. The molecule has 0 aliphatic carbocycles. The molecule has 1 heteroatoms. The highest BCUT2D eigenvalue weighted by Gasteiger charge is 1.98. The molecule has 0 bridgehead atoms. The molecule has 0 fully saturated rings. The van der Waals surface area contributed by atoms with E-state index in [2.05, 4.69) is 13.2 Å². The third kappa shape index (κ3) is 2.59. The highest BCUT2D eigenvalue weighted by Crippen LogP contribution is 2.01. The maximum absolute atomic E-state index is 8.96. The third-order valence-electron chi connectivity index (χ3n) is 0.959. The van der Waals surface area contributed by atoms with Crippen LogP contribution in [0, 0.1) is 0 Å². The molecule has 0 heterocycles. The fraction of sp³-hybridized carbons (Fsp3) is 0.429. The van der Waals surface area contributed by atoms with Gasteiger partial charge in [0, 0.05) is 0 Å². The molecule has 0 aromatic carbocycles. The minimum atomic E-state index is -0.396. The van der Waals surface area contributed by atoms with Crippen LogP contribution in [0.25, 0.3) is 0 Å². The Balaban J connectivity index is 3.46. The van der Waals surface area contributed by atoms with Gasteiger partial charge in [0.2, 0.25) is 0 Å². The summed E-state index contributed by atoms with van der Waals surface area (Å²) in [7, 11) is 0. The van der Waals surface area contributed by atoms with Crippen molar-refractivity contribution in [1.82, 2.24) is 0 Å². The monoisotopic (exact) mass is 112 g/mol. The van der Waals surface area contributed by atoms with E-state index in [0.29, 0.717) is 6.42 Å². The Morgan fingerprint density at radius 2 is 2.38 bits per heavy atom. The van der Waals surface area contributed by atoms with E-state index in [9.17, 15) is 0 Å². The van der Waals surface area contributed by atoms with Gasteiger partial charge in [-0.3, -0.25) is 0 Å². The van der Waals surface area contributed by atoms with E-state index in [4.69, 9.17) is 5.11 Å². The Morgan fingerprint density at radius 1 is 1.88 bits per heavy atom. The molecule has 8 heavy (non-hydrogen) atoms. The minimum Gasteiger partial charge on any atom is -0.388 e. The Kier molecular flexibility index (Phi) is 3.20. The summed E-state index contributed by atoms with van der Waals surface area (Å²) < 4.78 is 0. The Morgan fingerprint density at radius 3 is 2.50 bits per heavy atom. The topological polar surface area (TPSA) is 20.2 Å². The third-order valence-corrected chi connectivity index (χ3v) is 0.959. The molecule has 0 saturated heterocycles. The molecule has 0 saturated carbocycles. The first-order valence-electron chi connectivity index (χ1n) is 2.63. The second-order valence-corrected chi connectivity index (χ2v) is 1.89. The highest BCUT2D eigenvalue weighted by atomic mass is 16.3. The Labute approximate surface area is 50.3 Å². The van der Waals surface area contributed by atoms with Crippen molar-refractivity contribution in [3.63, 3.8) is 0 Å². The fourth-order valence-electron chi connectivity index (χ4n) is 0.359. The van der Waals surface area contributed by atoms with E-state index in [-0.39, 0.29) is 0 Å². The molecule has 0 radical (unpaired) electrons. The molecule has 1 atom stereocenters. The molecule has 0 aromatic heterocycles. The fourth-order valence-corrected chi connectivity index (χ4v) is 0.359. The van der Waals surface area contributed by atoms with Gasteiger partial charge in [0.15, 0.2) is 0 Å². The van der Waals surface area contributed by atoms with Crippen LogP contribution in [0.2, 0.25) is 0 Å². The number of aliphatic hydroxyl groups is 1. The first-order chi connectivity index (χ1) is 3.68.